The van der Waals surface area contributed by atoms with E-state index in [0.29, 0.717) is 34.5 Å². The normalized spacial score (nSPS) is 18.5. The van der Waals surface area contributed by atoms with Gasteiger partial charge in [-0.1, -0.05) is 17.7 Å². The van der Waals surface area contributed by atoms with Crippen LogP contribution in [-0.2, 0) is 22.6 Å². The number of rotatable bonds is 9. The SMILES string of the molecule is COC(=O)c1ccc2nc([C@H](C)N3CCC(c4cccc(OCc5cc(Cl)ccc5F)n4)CC3)n(C[C@@H]3CCO3)c2c1. The maximum atomic E-state index is 14.1. The Hall–Kier alpha value is -3.53. The lowest BCUT2D eigenvalue weighted by molar-refractivity contribution is -0.0594. The standard InChI is InChI=1S/C32H34ClFN4O4/c1-20(31-36-28-9-6-22(32(39)40-2)17-29(28)38(31)18-25-12-15-41-25)37-13-10-21(11-14-37)27-4-3-5-30(35-27)42-19-23-16-24(33)7-8-26(23)34/h3-9,16-17,20-21,25H,10-15,18-19H2,1-2H3/t20-,25-/m0/s1. The van der Waals surface area contributed by atoms with E-state index < -0.39 is 0 Å². The molecular weight excluding hydrogens is 559 g/mol. The Morgan fingerprint density at radius 1 is 1.12 bits per heavy atom. The summed E-state index contributed by atoms with van der Waals surface area (Å²) in [5.74, 6) is 1.03. The Labute approximate surface area is 249 Å². The molecular formula is C32H34ClFN4O4. The first kappa shape index (κ1) is 28.6. The molecule has 2 fully saturated rings. The number of aromatic nitrogens is 3. The highest BCUT2D eigenvalue weighted by molar-refractivity contribution is 6.30. The van der Waals surface area contributed by atoms with Crippen LogP contribution in [-0.4, -0.2) is 58.3 Å². The summed E-state index contributed by atoms with van der Waals surface area (Å²) in [7, 11) is 1.39. The molecule has 2 atom stereocenters. The van der Waals surface area contributed by atoms with Crippen molar-refractivity contribution >= 4 is 28.6 Å². The zero-order valence-corrected chi connectivity index (χ0v) is 24.5. The van der Waals surface area contributed by atoms with Crippen molar-refractivity contribution in [3.63, 3.8) is 0 Å². The molecule has 0 unspecified atom stereocenters. The highest BCUT2D eigenvalue weighted by atomic mass is 35.5. The number of likely N-dealkylation sites (tertiary alicyclic amines) is 1. The Kier molecular flexibility index (Phi) is 8.42. The number of benzene rings is 2. The molecule has 0 saturated carbocycles. The van der Waals surface area contributed by atoms with E-state index in [4.69, 9.17) is 35.8 Å². The molecule has 2 saturated heterocycles. The maximum absolute atomic E-state index is 14.1. The lowest BCUT2D eigenvalue weighted by Crippen LogP contribution is -2.37. The van der Waals surface area contributed by atoms with Gasteiger partial charge in [-0.3, -0.25) is 4.90 Å². The van der Waals surface area contributed by atoms with Crippen molar-refractivity contribution in [1.29, 1.82) is 0 Å². The quantitative estimate of drug-likeness (QED) is 0.210. The summed E-state index contributed by atoms with van der Waals surface area (Å²) < 4.78 is 32.9. The van der Waals surface area contributed by atoms with Gasteiger partial charge in [-0.15, -0.1) is 0 Å². The smallest absolute Gasteiger partial charge is 0.337 e. The van der Waals surface area contributed by atoms with E-state index in [2.05, 4.69) is 16.4 Å². The number of methoxy groups -OCH3 is 1. The van der Waals surface area contributed by atoms with Gasteiger partial charge in [0, 0.05) is 34.9 Å². The molecule has 220 valence electrons. The molecule has 0 spiro atoms. The number of fused-ring (bicyclic) bond motifs is 1. The number of piperidine rings is 1. The molecule has 4 heterocycles. The summed E-state index contributed by atoms with van der Waals surface area (Å²) in [6.45, 7) is 5.52. The van der Waals surface area contributed by atoms with E-state index >= 15 is 0 Å². The average Bonchev–Trinajstić information content (AvgIpc) is 3.36. The zero-order chi connectivity index (χ0) is 29.2. The van der Waals surface area contributed by atoms with Crippen LogP contribution in [0.4, 0.5) is 4.39 Å². The maximum Gasteiger partial charge on any atom is 0.337 e. The molecule has 10 heteroatoms. The number of carbonyl (C=O) groups is 1. The van der Waals surface area contributed by atoms with Gasteiger partial charge in [-0.25, -0.2) is 19.2 Å². The minimum absolute atomic E-state index is 0.0623. The predicted octanol–water partition coefficient (Wildman–Crippen LogP) is 6.32. The topological polar surface area (TPSA) is 78.7 Å². The summed E-state index contributed by atoms with van der Waals surface area (Å²) in [5, 5.41) is 0.468. The molecule has 0 bridgehead atoms. The molecule has 2 aromatic heterocycles. The first-order valence-corrected chi connectivity index (χ1v) is 14.7. The number of imidazole rings is 1. The molecule has 6 rings (SSSR count). The summed E-state index contributed by atoms with van der Waals surface area (Å²) in [5.41, 5.74) is 3.67. The van der Waals surface area contributed by atoms with Crippen LogP contribution in [0.2, 0.25) is 5.02 Å². The second kappa shape index (κ2) is 12.4. The van der Waals surface area contributed by atoms with Gasteiger partial charge >= 0.3 is 5.97 Å². The van der Waals surface area contributed by atoms with Gasteiger partial charge in [0.15, 0.2) is 0 Å². The fourth-order valence-corrected chi connectivity index (χ4v) is 6.01. The Balaban J connectivity index is 1.14. The lowest BCUT2D eigenvalue weighted by Gasteiger charge is -2.36. The van der Waals surface area contributed by atoms with E-state index in [1.807, 2.05) is 24.3 Å². The monoisotopic (exact) mass is 592 g/mol. The third kappa shape index (κ3) is 6.00. The first-order chi connectivity index (χ1) is 20.4. The Bertz CT molecular complexity index is 1580. The Morgan fingerprint density at radius 2 is 1.93 bits per heavy atom. The van der Waals surface area contributed by atoms with Crippen LogP contribution in [0.25, 0.3) is 11.0 Å². The van der Waals surface area contributed by atoms with Gasteiger partial charge in [0.2, 0.25) is 5.88 Å². The fourth-order valence-electron chi connectivity index (χ4n) is 5.82. The van der Waals surface area contributed by atoms with Gasteiger partial charge in [0.25, 0.3) is 0 Å². The van der Waals surface area contributed by atoms with Crippen LogP contribution >= 0.6 is 11.6 Å². The second-order valence-corrected chi connectivity index (χ2v) is 11.4. The average molecular weight is 593 g/mol. The van der Waals surface area contributed by atoms with Crippen molar-refractivity contribution in [2.75, 3.05) is 26.8 Å². The molecule has 0 radical (unpaired) electrons. The van der Waals surface area contributed by atoms with Crippen molar-refractivity contribution in [1.82, 2.24) is 19.4 Å². The molecule has 2 aliphatic rings. The molecule has 2 aliphatic heterocycles. The van der Waals surface area contributed by atoms with Crippen LogP contribution in [0, 0.1) is 5.82 Å². The number of hydrogen-bond donors (Lipinski definition) is 0. The van der Waals surface area contributed by atoms with Gasteiger partial charge in [0.05, 0.1) is 42.4 Å². The van der Waals surface area contributed by atoms with E-state index in [9.17, 15) is 9.18 Å². The molecule has 0 N–H and O–H groups in total. The second-order valence-electron chi connectivity index (χ2n) is 11.0. The van der Waals surface area contributed by atoms with Crippen molar-refractivity contribution in [3.05, 3.63) is 88.1 Å². The van der Waals surface area contributed by atoms with Gasteiger partial charge in [-0.2, -0.15) is 0 Å². The molecule has 8 nitrogen and oxygen atoms in total. The minimum atomic E-state index is -0.360. The zero-order valence-electron chi connectivity index (χ0n) is 23.8. The van der Waals surface area contributed by atoms with Crippen molar-refractivity contribution in [2.45, 2.75) is 57.4 Å². The van der Waals surface area contributed by atoms with Crippen LogP contribution in [0.1, 0.15) is 65.6 Å². The van der Waals surface area contributed by atoms with Gasteiger partial charge in [0.1, 0.15) is 18.2 Å². The minimum Gasteiger partial charge on any atom is -0.473 e. The summed E-state index contributed by atoms with van der Waals surface area (Å²) in [6, 6.07) is 15.8. The fraction of sp³-hybridized carbons (Fsp3) is 0.406. The van der Waals surface area contributed by atoms with E-state index in [1.54, 1.807) is 18.2 Å². The summed E-state index contributed by atoms with van der Waals surface area (Å²) >= 11 is 6.01. The highest BCUT2D eigenvalue weighted by Crippen LogP contribution is 2.34. The molecule has 0 amide bonds. The summed E-state index contributed by atoms with van der Waals surface area (Å²) in [4.78, 5) is 24.5. The molecule has 0 aliphatic carbocycles. The van der Waals surface area contributed by atoms with Crippen LogP contribution in [0.15, 0.2) is 54.6 Å². The number of carbonyl (C=O) groups excluding carboxylic acids is 1. The number of halogens is 2. The predicted molar refractivity (Wildman–Crippen MR) is 157 cm³/mol. The van der Waals surface area contributed by atoms with E-state index in [0.717, 1.165) is 61.5 Å². The highest BCUT2D eigenvalue weighted by Gasteiger charge is 2.30. The molecule has 42 heavy (non-hydrogen) atoms. The van der Waals surface area contributed by atoms with Crippen LogP contribution in [0.3, 0.4) is 0 Å². The van der Waals surface area contributed by atoms with E-state index in [-0.39, 0.29) is 30.5 Å². The third-order valence-electron chi connectivity index (χ3n) is 8.38. The van der Waals surface area contributed by atoms with Gasteiger partial charge < -0.3 is 18.8 Å². The largest absolute Gasteiger partial charge is 0.473 e. The molecule has 4 aromatic rings. The van der Waals surface area contributed by atoms with Crippen LogP contribution < -0.4 is 4.74 Å². The van der Waals surface area contributed by atoms with Crippen molar-refractivity contribution in [2.24, 2.45) is 0 Å². The Morgan fingerprint density at radius 3 is 2.67 bits per heavy atom. The number of pyridine rings is 1. The first-order valence-electron chi connectivity index (χ1n) is 14.4. The van der Waals surface area contributed by atoms with Gasteiger partial charge in [-0.05, 0) is 81.7 Å². The number of hydrogen-bond acceptors (Lipinski definition) is 7. The van der Waals surface area contributed by atoms with Crippen LogP contribution in [0.5, 0.6) is 5.88 Å². The number of nitrogens with zero attached hydrogens (tertiary/aromatic N) is 4. The molecule has 2 aromatic carbocycles. The van der Waals surface area contributed by atoms with Crippen molar-refractivity contribution < 1.29 is 23.4 Å². The summed E-state index contributed by atoms with van der Waals surface area (Å²) in [6.07, 6.45) is 3.06. The lowest BCUT2D eigenvalue weighted by atomic mass is 9.92. The van der Waals surface area contributed by atoms with Crippen molar-refractivity contribution in [3.8, 4) is 5.88 Å². The number of ether oxygens (including phenoxy) is 3. The van der Waals surface area contributed by atoms with E-state index in [1.165, 1.54) is 19.2 Å². The third-order valence-corrected chi connectivity index (χ3v) is 8.61. The number of esters is 1.